The van der Waals surface area contributed by atoms with Gasteiger partial charge in [-0.3, -0.25) is 4.79 Å². The Morgan fingerprint density at radius 2 is 1.81 bits per heavy atom. The first-order valence-electron chi connectivity index (χ1n) is 12.7. The van der Waals surface area contributed by atoms with Crippen molar-refractivity contribution in [2.75, 3.05) is 13.7 Å². The molecule has 6 nitrogen and oxygen atoms in total. The van der Waals surface area contributed by atoms with Gasteiger partial charge in [0.1, 0.15) is 0 Å². The Kier molecular flexibility index (Phi) is 8.52. The summed E-state index contributed by atoms with van der Waals surface area (Å²) in [6.07, 6.45) is 3.58. The third-order valence-corrected chi connectivity index (χ3v) is 6.38. The van der Waals surface area contributed by atoms with Crippen molar-refractivity contribution in [3.05, 3.63) is 89.5 Å². The maximum absolute atomic E-state index is 13.2. The Balaban J connectivity index is 1.58. The molecule has 0 bridgehead atoms. The van der Waals surface area contributed by atoms with Crippen LogP contribution >= 0.6 is 0 Å². The summed E-state index contributed by atoms with van der Waals surface area (Å²) in [6, 6.07) is 23.4. The van der Waals surface area contributed by atoms with Crippen LogP contribution in [0.4, 0.5) is 0 Å². The molecule has 0 saturated carbocycles. The molecule has 190 valence electrons. The molecule has 4 aromatic rings. The molecule has 37 heavy (non-hydrogen) atoms. The lowest BCUT2D eigenvalue weighted by atomic mass is 9.96. The second-order valence-corrected chi connectivity index (χ2v) is 8.96. The number of fused-ring (bicyclic) bond motifs is 1. The minimum Gasteiger partial charge on any atom is -0.493 e. The van der Waals surface area contributed by atoms with Gasteiger partial charge >= 0.3 is 0 Å². The van der Waals surface area contributed by atoms with E-state index in [0.29, 0.717) is 29.6 Å². The van der Waals surface area contributed by atoms with Crippen LogP contribution in [0.5, 0.6) is 11.5 Å². The number of carbonyl (C=O) groups is 1. The molecule has 1 N–H and O–H groups in total. The SMILES string of the molecule is CCCOc1ccc(C=NNC(=O)c2cc(-c3ccc(C(C)CC)cc3)nc3ccccc23)cc1OC. The average molecular weight is 496 g/mol. The number of para-hydroxylation sites is 1. The summed E-state index contributed by atoms with van der Waals surface area (Å²) in [4.78, 5) is 18.0. The number of carbonyl (C=O) groups excluding carboxylic acids is 1. The van der Waals surface area contributed by atoms with Crippen molar-refractivity contribution in [3.63, 3.8) is 0 Å². The van der Waals surface area contributed by atoms with Gasteiger partial charge in [0.05, 0.1) is 36.7 Å². The van der Waals surface area contributed by atoms with Crippen molar-refractivity contribution >= 4 is 23.0 Å². The number of hydrazone groups is 1. The highest BCUT2D eigenvalue weighted by atomic mass is 16.5. The van der Waals surface area contributed by atoms with Crippen LogP contribution in [0.3, 0.4) is 0 Å². The minimum atomic E-state index is -0.304. The number of amides is 1. The molecule has 1 amide bonds. The molecule has 0 fully saturated rings. The average Bonchev–Trinajstić information content (AvgIpc) is 2.95. The number of methoxy groups -OCH3 is 1. The fraction of sp³-hybridized carbons (Fsp3) is 0.258. The molecule has 0 radical (unpaired) electrons. The summed E-state index contributed by atoms with van der Waals surface area (Å²) < 4.78 is 11.1. The first kappa shape index (κ1) is 25.9. The number of nitrogens with one attached hydrogen (secondary N) is 1. The number of aromatic nitrogens is 1. The van der Waals surface area contributed by atoms with Gasteiger partial charge in [0.2, 0.25) is 0 Å². The van der Waals surface area contributed by atoms with Crippen LogP contribution in [0.25, 0.3) is 22.2 Å². The van der Waals surface area contributed by atoms with E-state index < -0.39 is 0 Å². The Hall–Kier alpha value is -4.19. The summed E-state index contributed by atoms with van der Waals surface area (Å²) in [5.74, 6) is 1.49. The quantitative estimate of drug-likeness (QED) is 0.190. The Bertz CT molecular complexity index is 1400. The van der Waals surface area contributed by atoms with Crippen molar-refractivity contribution in [1.29, 1.82) is 0 Å². The fourth-order valence-corrected chi connectivity index (χ4v) is 4.05. The van der Waals surface area contributed by atoms with Crippen LogP contribution in [0.2, 0.25) is 0 Å². The van der Waals surface area contributed by atoms with E-state index in [2.05, 4.69) is 55.6 Å². The molecule has 0 aliphatic heterocycles. The second-order valence-electron chi connectivity index (χ2n) is 8.96. The molecule has 6 heteroatoms. The van der Waals surface area contributed by atoms with Gasteiger partial charge in [-0.25, -0.2) is 10.4 Å². The van der Waals surface area contributed by atoms with Crippen molar-refractivity contribution in [2.45, 2.75) is 39.5 Å². The summed E-state index contributed by atoms with van der Waals surface area (Å²) in [5, 5.41) is 4.97. The van der Waals surface area contributed by atoms with Gasteiger partial charge in [0.15, 0.2) is 11.5 Å². The summed E-state index contributed by atoms with van der Waals surface area (Å²) in [7, 11) is 1.60. The Morgan fingerprint density at radius 3 is 2.54 bits per heavy atom. The Morgan fingerprint density at radius 1 is 1.03 bits per heavy atom. The van der Waals surface area contributed by atoms with Crippen LogP contribution in [-0.2, 0) is 0 Å². The predicted octanol–water partition coefficient (Wildman–Crippen LogP) is 6.98. The largest absolute Gasteiger partial charge is 0.493 e. The highest BCUT2D eigenvalue weighted by Gasteiger charge is 2.14. The van der Waals surface area contributed by atoms with Crippen LogP contribution in [0, 0.1) is 0 Å². The first-order valence-corrected chi connectivity index (χ1v) is 12.7. The third-order valence-electron chi connectivity index (χ3n) is 6.38. The minimum absolute atomic E-state index is 0.304. The molecule has 4 rings (SSSR count). The van der Waals surface area contributed by atoms with E-state index in [1.54, 1.807) is 13.3 Å². The normalized spacial score (nSPS) is 12.0. The molecule has 1 heterocycles. The molecule has 0 spiro atoms. The molecule has 1 atom stereocenters. The smallest absolute Gasteiger partial charge is 0.272 e. The number of nitrogens with zero attached hydrogens (tertiary/aromatic N) is 2. The van der Waals surface area contributed by atoms with E-state index in [0.717, 1.165) is 40.6 Å². The monoisotopic (exact) mass is 495 g/mol. The highest BCUT2D eigenvalue weighted by molar-refractivity contribution is 6.07. The van der Waals surface area contributed by atoms with Gasteiger partial charge in [0, 0.05) is 10.9 Å². The van der Waals surface area contributed by atoms with Gasteiger partial charge in [-0.15, -0.1) is 0 Å². The molecule has 0 aliphatic carbocycles. The van der Waals surface area contributed by atoms with Crippen LogP contribution in [0.1, 0.15) is 61.0 Å². The molecule has 0 saturated heterocycles. The van der Waals surface area contributed by atoms with E-state index in [1.807, 2.05) is 48.5 Å². The molecule has 1 unspecified atom stereocenters. The lowest BCUT2D eigenvalue weighted by molar-refractivity contribution is 0.0956. The van der Waals surface area contributed by atoms with Crippen LogP contribution in [-0.4, -0.2) is 30.8 Å². The summed E-state index contributed by atoms with van der Waals surface area (Å²) in [5.41, 5.74) is 7.73. The van der Waals surface area contributed by atoms with E-state index in [-0.39, 0.29) is 5.91 Å². The standard InChI is InChI=1S/C31H33N3O3/c1-5-17-37-29-16-11-22(18-30(29)36-4)20-32-34-31(35)26-19-28(33-27-10-8-7-9-25(26)27)24-14-12-23(13-15-24)21(3)6-2/h7-16,18-21H,5-6,17H2,1-4H3,(H,34,35). The van der Waals surface area contributed by atoms with Crippen molar-refractivity contribution in [3.8, 4) is 22.8 Å². The number of hydrogen-bond donors (Lipinski definition) is 1. The van der Waals surface area contributed by atoms with E-state index >= 15 is 0 Å². The van der Waals surface area contributed by atoms with Gasteiger partial charge in [-0.2, -0.15) is 5.10 Å². The van der Waals surface area contributed by atoms with E-state index in [9.17, 15) is 4.79 Å². The van der Waals surface area contributed by atoms with Crippen molar-refractivity contribution < 1.29 is 14.3 Å². The molecule has 3 aromatic carbocycles. The van der Waals surface area contributed by atoms with Gasteiger partial charge in [-0.05, 0) is 60.2 Å². The van der Waals surface area contributed by atoms with E-state index in [4.69, 9.17) is 14.5 Å². The van der Waals surface area contributed by atoms with Gasteiger partial charge in [0.25, 0.3) is 5.91 Å². The van der Waals surface area contributed by atoms with Crippen molar-refractivity contribution in [1.82, 2.24) is 10.4 Å². The zero-order valence-electron chi connectivity index (χ0n) is 21.8. The van der Waals surface area contributed by atoms with Crippen molar-refractivity contribution in [2.24, 2.45) is 5.10 Å². The van der Waals surface area contributed by atoms with Crippen LogP contribution < -0.4 is 14.9 Å². The lowest BCUT2D eigenvalue weighted by Gasteiger charge is -2.12. The topological polar surface area (TPSA) is 72.8 Å². The van der Waals surface area contributed by atoms with Crippen LogP contribution in [0.15, 0.2) is 77.9 Å². The van der Waals surface area contributed by atoms with Gasteiger partial charge < -0.3 is 9.47 Å². The molecule has 1 aromatic heterocycles. The number of rotatable bonds is 10. The molecular formula is C31H33N3O3. The lowest BCUT2D eigenvalue weighted by Crippen LogP contribution is -2.18. The number of ether oxygens (including phenoxy) is 2. The van der Waals surface area contributed by atoms with Gasteiger partial charge in [-0.1, -0.05) is 63.2 Å². The summed E-state index contributed by atoms with van der Waals surface area (Å²) in [6.45, 7) is 7.07. The number of pyridine rings is 1. The number of hydrogen-bond acceptors (Lipinski definition) is 5. The fourth-order valence-electron chi connectivity index (χ4n) is 4.05. The first-order chi connectivity index (χ1) is 18.0. The predicted molar refractivity (Wildman–Crippen MR) is 150 cm³/mol. The highest BCUT2D eigenvalue weighted by Crippen LogP contribution is 2.28. The number of benzene rings is 3. The zero-order chi connectivity index (χ0) is 26.2. The molecule has 0 aliphatic rings. The third kappa shape index (κ3) is 6.15. The zero-order valence-corrected chi connectivity index (χ0v) is 21.8. The second kappa shape index (κ2) is 12.2. The maximum Gasteiger partial charge on any atom is 0.272 e. The maximum atomic E-state index is 13.2. The van der Waals surface area contributed by atoms with E-state index in [1.165, 1.54) is 5.56 Å². The Labute approximate surface area is 218 Å². The molecular weight excluding hydrogens is 462 g/mol. The summed E-state index contributed by atoms with van der Waals surface area (Å²) >= 11 is 0.